The molecule has 29 heavy (non-hydrogen) atoms. The van der Waals surface area contributed by atoms with Crippen LogP contribution in [0.3, 0.4) is 0 Å². The number of rotatable bonds is 4. The van der Waals surface area contributed by atoms with Gasteiger partial charge in [-0.3, -0.25) is 4.79 Å². The summed E-state index contributed by atoms with van der Waals surface area (Å²) >= 11 is 0. The van der Waals surface area contributed by atoms with Crippen LogP contribution >= 0.6 is 0 Å². The van der Waals surface area contributed by atoms with Crippen molar-refractivity contribution in [2.24, 2.45) is 11.7 Å². The number of hydrogen-bond acceptors (Lipinski definition) is 6. The van der Waals surface area contributed by atoms with Crippen LogP contribution in [0.4, 0.5) is 15.8 Å². The van der Waals surface area contributed by atoms with Crippen molar-refractivity contribution in [2.45, 2.75) is 38.3 Å². The van der Waals surface area contributed by atoms with Gasteiger partial charge in [0.1, 0.15) is 11.3 Å². The number of carbonyl (C=O) groups is 1. The van der Waals surface area contributed by atoms with E-state index in [-0.39, 0.29) is 40.5 Å². The van der Waals surface area contributed by atoms with Crippen LogP contribution in [0.2, 0.25) is 0 Å². The van der Waals surface area contributed by atoms with E-state index in [2.05, 4.69) is 0 Å². The second-order valence-corrected chi connectivity index (χ2v) is 8.02. The second kappa shape index (κ2) is 6.91. The number of methoxy groups -OCH3 is 1. The van der Waals surface area contributed by atoms with Crippen LogP contribution in [0.5, 0.6) is 5.75 Å². The second-order valence-electron chi connectivity index (χ2n) is 8.02. The SMILES string of the molecule is COc1c(N2CC[C@H](N)[C@H](C)C2)c(F)c(N)c2c(=O)c(C(=O)O)cn(C3CC3)c12. The molecule has 0 bridgehead atoms. The molecule has 0 radical (unpaired) electrons. The smallest absolute Gasteiger partial charge is 0.341 e. The quantitative estimate of drug-likeness (QED) is 0.665. The molecular formula is C20H25FN4O4. The zero-order valence-corrected chi connectivity index (χ0v) is 16.4. The van der Waals surface area contributed by atoms with Gasteiger partial charge in [-0.1, -0.05) is 6.92 Å². The molecule has 0 amide bonds. The van der Waals surface area contributed by atoms with Crippen LogP contribution < -0.4 is 26.5 Å². The lowest BCUT2D eigenvalue weighted by atomic mass is 9.94. The molecule has 2 atom stereocenters. The number of nitrogen functional groups attached to an aromatic ring is 1. The summed E-state index contributed by atoms with van der Waals surface area (Å²) in [6.07, 6.45) is 3.68. The van der Waals surface area contributed by atoms with E-state index in [9.17, 15) is 14.7 Å². The fraction of sp³-hybridized carbons (Fsp3) is 0.500. The van der Waals surface area contributed by atoms with Gasteiger partial charge in [-0.2, -0.15) is 0 Å². The number of piperidine rings is 1. The van der Waals surface area contributed by atoms with Gasteiger partial charge >= 0.3 is 5.97 Å². The average Bonchev–Trinajstić information content (AvgIpc) is 3.51. The van der Waals surface area contributed by atoms with E-state index >= 15 is 4.39 Å². The largest absolute Gasteiger partial charge is 0.492 e. The monoisotopic (exact) mass is 404 g/mol. The fourth-order valence-electron chi connectivity index (χ4n) is 4.20. The molecule has 2 aromatic rings. The number of aromatic carboxylic acids is 1. The molecule has 0 spiro atoms. The van der Waals surface area contributed by atoms with E-state index in [0.29, 0.717) is 25.0 Å². The zero-order valence-electron chi connectivity index (χ0n) is 16.4. The van der Waals surface area contributed by atoms with E-state index in [1.807, 2.05) is 11.8 Å². The molecule has 1 aromatic carbocycles. The Morgan fingerprint density at radius 3 is 2.59 bits per heavy atom. The normalized spacial score (nSPS) is 22.1. The van der Waals surface area contributed by atoms with Gasteiger partial charge in [0.05, 0.1) is 23.7 Å². The number of anilines is 2. The average molecular weight is 404 g/mol. The maximum absolute atomic E-state index is 15.5. The summed E-state index contributed by atoms with van der Waals surface area (Å²) in [6.45, 7) is 3.07. The highest BCUT2D eigenvalue weighted by Gasteiger charge is 2.34. The van der Waals surface area contributed by atoms with Crippen LogP contribution in [-0.4, -0.2) is 41.9 Å². The van der Waals surface area contributed by atoms with Crippen LogP contribution in [0.25, 0.3) is 10.9 Å². The number of halogens is 1. The van der Waals surface area contributed by atoms with Gasteiger partial charge in [0.2, 0.25) is 5.43 Å². The van der Waals surface area contributed by atoms with Gasteiger partial charge in [0, 0.05) is 31.4 Å². The van der Waals surface area contributed by atoms with Crippen molar-refractivity contribution in [1.29, 1.82) is 0 Å². The van der Waals surface area contributed by atoms with E-state index in [4.69, 9.17) is 16.2 Å². The Balaban J connectivity index is 2.06. The number of aromatic nitrogens is 1. The Morgan fingerprint density at radius 2 is 2.03 bits per heavy atom. The molecular weight excluding hydrogens is 379 g/mol. The molecule has 2 heterocycles. The summed E-state index contributed by atoms with van der Waals surface area (Å²) in [4.78, 5) is 26.3. The Labute approximate surface area is 166 Å². The molecule has 9 heteroatoms. The summed E-state index contributed by atoms with van der Waals surface area (Å²) in [5.74, 6) is -1.79. The maximum atomic E-state index is 15.5. The van der Waals surface area contributed by atoms with E-state index < -0.39 is 22.8 Å². The highest BCUT2D eigenvalue weighted by atomic mass is 19.1. The number of benzene rings is 1. The third-order valence-corrected chi connectivity index (χ3v) is 6.04. The number of nitrogens with two attached hydrogens (primary N) is 2. The first-order valence-corrected chi connectivity index (χ1v) is 9.73. The molecule has 0 unspecified atom stereocenters. The molecule has 1 aliphatic carbocycles. The van der Waals surface area contributed by atoms with Crippen LogP contribution in [0.15, 0.2) is 11.0 Å². The van der Waals surface area contributed by atoms with Crippen molar-refractivity contribution in [3.63, 3.8) is 0 Å². The Bertz CT molecular complexity index is 1060. The first-order chi connectivity index (χ1) is 13.8. The molecule has 5 N–H and O–H groups in total. The third-order valence-electron chi connectivity index (χ3n) is 6.04. The highest BCUT2D eigenvalue weighted by Crippen LogP contribution is 2.46. The number of carboxylic acids is 1. The molecule has 1 saturated heterocycles. The van der Waals surface area contributed by atoms with Crippen molar-refractivity contribution in [2.75, 3.05) is 30.8 Å². The van der Waals surface area contributed by atoms with Gasteiger partial charge in [-0.15, -0.1) is 0 Å². The van der Waals surface area contributed by atoms with Crippen molar-refractivity contribution < 1.29 is 19.0 Å². The first-order valence-electron chi connectivity index (χ1n) is 9.73. The third kappa shape index (κ3) is 3.00. The van der Waals surface area contributed by atoms with Crippen molar-refractivity contribution in [1.82, 2.24) is 4.57 Å². The molecule has 4 rings (SSSR count). The fourth-order valence-corrected chi connectivity index (χ4v) is 4.20. The van der Waals surface area contributed by atoms with Crippen molar-refractivity contribution >= 4 is 28.2 Å². The standard InChI is InChI=1S/C20H25FN4O4/c1-9-7-24(6-5-12(9)22)17-14(21)15(23)13-16(19(17)29-2)25(10-3-4-10)8-11(18(13)26)20(27)28/h8-10,12H,3-7,22-23H2,1-2H3,(H,27,28)/t9-,12+/m1/s1. The Kier molecular flexibility index (Phi) is 4.65. The number of nitrogens with zero attached hydrogens (tertiary/aromatic N) is 2. The molecule has 2 fully saturated rings. The zero-order chi connectivity index (χ0) is 21.0. The minimum absolute atomic E-state index is 0.0245. The summed E-state index contributed by atoms with van der Waals surface area (Å²) in [7, 11) is 1.42. The van der Waals surface area contributed by atoms with Crippen molar-refractivity contribution in [3.8, 4) is 5.75 Å². The topological polar surface area (TPSA) is 124 Å². The predicted molar refractivity (Wildman–Crippen MR) is 108 cm³/mol. The number of ether oxygens (including phenoxy) is 1. The number of carboxylic acid groups (broad SMARTS) is 1. The minimum atomic E-state index is -1.37. The van der Waals surface area contributed by atoms with Gasteiger partial charge in [-0.25, -0.2) is 9.18 Å². The van der Waals surface area contributed by atoms with E-state index in [1.165, 1.54) is 13.3 Å². The molecule has 156 valence electrons. The highest BCUT2D eigenvalue weighted by molar-refractivity contribution is 6.03. The molecule has 1 saturated carbocycles. The van der Waals surface area contributed by atoms with Gasteiger partial charge in [0.25, 0.3) is 0 Å². The van der Waals surface area contributed by atoms with Crippen molar-refractivity contribution in [3.05, 3.63) is 27.8 Å². The molecule has 8 nitrogen and oxygen atoms in total. The van der Waals surface area contributed by atoms with Gasteiger partial charge in [0.15, 0.2) is 11.6 Å². The van der Waals surface area contributed by atoms with E-state index in [0.717, 1.165) is 12.8 Å². The molecule has 1 aromatic heterocycles. The Morgan fingerprint density at radius 1 is 1.34 bits per heavy atom. The first kappa shape index (κ1) is 19.5. The summed E-state index contributed by atoms with van der Waals surface area (Å²) < 4.78 is 22.8. The van der Waals surface area contributed by atoms with Gasteiger partial charge < -0.3 is 30.8 Å². The number of fused-ring (bicyclic) bond motifs is 1. The summed E-state index contributed by atoms with van der Waals surface area (Å²) in [6, 6.07) is 0.0531. The number of pyridine rings is 1. The lowest BCUT2D eigenvalue weighted by Crippen LogP contribution is -2.46. The predicted octanol–water partition coefficient (Wildman–Crippen LogP) is 1.94. The van der Waals surface area contributed by atoms with Crippen LogP contribution in [0, 0.1) is 11.7 Å². The van der Waals surface area contributed by atoms with Gasteiger partial charge in [-0.05, 0) is 25.2 Å². The molecule has 2 aliphatic rings. The lowest BCUT2D eigenvalue weighted by Gasteiger charge is -2.37. The number of hydrogen-bond donors (Lipinski definition) is 3. The minimum Gasteiger partial charge on any atom is -0.492 e. The maximum Gasteiger partial charge on any atom is 0.341 e. The Hall–Kier alpha value is -2.81. The lowest BCUT2D eigenvalue weighted by molar-refractivity contribution is 0.0695. The van der Waals surface area contributed by atoms with Crippen LogP contribution in [0.1, 0.15) is 42.6 Å². The van der Waals surface area contributed by atoms with Crippen LogP contribution in [-0.2, 0) is 0 Å². The summed E-state index contributed by atoms with van der Waals surface area (Å²) in [5, 5.41) is 9.31. The van der Waals surface area contributed by atoms with E-state index in [1.54, 1.807) is 4.57 Å². The molecule has 1 aliphatic heterocycles. The summed E-state index contributed by atoms with van der Waals surface area (Å²) in [5.41, 5.74) is 11.2.